The second kappa shape index (κ2) is 4.45. The third kappa shape index (κ3) is 2.09. The molecule has 17 heavy (non-hydrogen) atoms. The number of ether oxygens (including phenoxy) is 2. The molecule has 0 radical (unpaired) electrons. The number of carbonyl (C=O) groups is 1. The lowest BCUT2D eigenvalue weighted by atomic mass is 10.0. The molecule has 0 aliphatic rings. The number of carbonyl (C=O) groups excluding carboxylic acids is 1. The van der Waals surface area contributed by atoms with Crippen LogP contribution >= 0.6 is 0 Å². The van der Waals surface area contributed by atoms with Crippen molar-refractivity contribution in [3.05, 3.63) is 41.5 Å². The predicted octanol–water partition coefficient (Wildman–Crippen LogP) is 2.94. The average Bonchev–Trinajstić information content (AvgIpc) is 2.36. The minimum absolute atomic E-state index is 0.327. The van der Waals surface area contributed by atoms with Crippen LogP contribution in [0.25, 0.3) is 10.8 Å². The van der Waals surface area contributed by atoms with Crippen LogP contribution in [-0.2, 0) is 4.74 Å². The van der Waals surface area contributed by atoms with Crippen LogP contribution in [0.3, 0.4) is 0 Å². The van der Waals surface area contributed by atoms with Crippen molar-refractivity contribution in [3.63, 3.8) is 0 Å². The third-order valence-corrected chi connectivity index (χ3v) is 2.79. The van der Waals surface area contributed by atoms with Gasteiger partial charge in [-0.25, -0.2) is 4.79 Å². The molecule has 3 heteroatoms. The first-order valence-electron chi connectivity index (χ1n) is 5.32. The molecule has 3 nitrogen and oxygen atoms in total. The fourth-order valence-corrected chi connectivity index (χ4v) is 1.89. The summed E-state index contributed by atoms with van der Waals surface area (Å²) in [5.74, 6) is 0.462. The SMILES string of the molecule is COC(=O)c1ccc2c(C)cc(OC)cc2c1. The van der Waals surface area contributed by atoms with E-state index in [9.17, 15) is 4.79 Å². The van der Waals surface area contributed by atoms with Crippen LogP contribution in [0.4, 0.5) is 0 Å². The molecule has 0 amide bonds. The summed E-state index contributed by atoms with van der Waals surface area (Å²) in [5, 5.41) is 2.09. The lowest BCUT2D eigenvalue weighted by molar-refractivity contribution is 0.0601. The van der Waals surface area contributed by atoms with E-state index in [4.69, 9.17) is 9.47 Å². The summed E-state index contributed by atoms with van der Waals surface area (Å²) in [4.78, 5) is 11.4. The van der Waals surface area contributed by atoms with Crippen molar-refractivity contribution in [1.29, 1.82) is 0 Å². The maximum absolute atomic E-state index is 11.4. The molecule has 0 saturated heterocycles. The lowest BCUT2D eigenvalue weighted by Crippen LogP contribution is -2.00. The number of hydrogen-bond acceptors (Lipinski definition) is 3. The van der Waals surface area contributed by atoms with Crippen LogP contribution in [-0.4, -0.2) is 20.2 Å². The molecule has 0 atom stereocenters. The van der Waals surface area contributed by atoms with Crippen LogP contribution in [0.15, 0.2) is 30.3 Å². The molecule has 2 rings (SSSR count). The Labute approximate surface area is 100.0 Å². The van der Waals surface area contributed by atoms with Gasteiger partial charge in [0.15, 0.2) is 0 Å². The summed E-state index contributed by atoms with van der Waals surface area (Å²) in [6.45, 7) is 2.02. The Morgan fingerprint density at radius 2 is 1.88 bits per heavy atom. The quantitative estimate of drug-likeness (QED) is 0.744. The molecule has 2 aromatic rings. The van der Waals surface area contributed by atoms with Crippen molar-refractivity contribution in [2.24, 2.45) is 0 Å². The lowest BCUT2D eigenvalue weighted by Gasteiger charge is -2.07. The molecule has 0 fully saturated rings. The van der Waals surface area contributed by atoms with Gasteiger partial charge in [-0.05, 0) is 47.5 Å². The van der Waals surface area contributed by atoms with E-state index in [1.54, 1.807) is 13.2 Å². The van der Waals surface area contributed by atoms with E-state index in [0.717, 1.165) is 22.1 Å². The summed E-state index contributed by atoms with van der Waals surface area (Å²) < 4.78 is 9.92. The highest BCUT2D eigenvalue weighted by Gasteiger charge is 2.07. The van der Waals surface area contributed by atoms with Gasteiger partial charge in [0.05, 0.1) is 19.8 Å². The van der Waals surface area contributed by atoms with Gasteiger partial charge >= 0.3 is 5.97 Å². The van der Waals surface area contributed by atoms with Gasteiger partial charge in [-0.2, -0.15) is 0 Å². The molecule has 0 saturated carbocycles. The molecule has 0 heterocycles. The van der Waals surface area contributed by atoms with E-state index in [1.807, 2.05) is 31.2 Å². The largest absolute Gasteiger partial charge is 0.497 e. The summed E-state index contributed by atoms with van der Waals surface area (Å²) in [7, 11) is 3.01. The fourth-order valence-electron chi connectivity index (χ4n) is 1.89. The molecule has 88 valence electrons. The first kappa shape index (κ1) is 11.5. The number of rotatable bonds is 2. The highest BCUT2D eigenvalue weighted by atomic mass is 16.5. The normalized spacial score (nSPS) is 10.3. The Bertz CT molecular complexity index is 573. The van der Waals surface area contributed by atoms with E-state index >= 15 is 0 Å². The molecular formula is C14H14O3. The van der Waals surface area contributed by atoms with Crippen LogP contribution in [0.5, 0.6) is 5.75 Å². The molecule has 0 bridgehead atoms. The smallest absolute Gasteiger partial charge is 0.337 e. The molecule has 0 N–H and O–H groups in total. The Morgan fingerprint density at radius 3 is 2.53 bits per heavy atom. The maximum atomic E-state index is 11.4. The van der Waals surface area contributed by atoms with Gasteiger partial charge in [0.25, 0.3) is 0 Å². The van der Waals surface area contributed by atoms with Gasteiger partial charge in [0, 0.05) is 0 Å². The number of aryl methyl sites for hydroxylation is 1. The van der Waals surface area contributed by atoms with E-state index < -0.39 is 0 Å². The van der Waals surface area contributed by atoms with Crippen LogP contribution < -0.4 is 4.74 Å². The number of benzene rings is 2. The summed E-state index contributed by atoms with van der Waals surface area (Å²) in [6, 6.07) is 9.40. The van der Waals surface area contributed by atoms with Gasteiger partial charge < -0.3 is 9.47 Å². The van der Waals surface area contributed by atoms with Gasteiger partial charge in [0.1, 0.15) is 5.75 Å². The summed E-state index contributed by atoms with van der Waals surface area (Å²) in [5.41, 5.74) is 1.67. The van der Waals surface area contributed by atoms with Crippen molar-refractivity contribution < 1.29 is 14.3 Å². The van der Waals surface area contributed by atoms with Crippen LogP contribution in [0.1, 0.15) is 15.9 Å². The van der Waals surface area contributed by atoms with Gasteiger partial charge in [-0.1, -0.05) is 6.07 Å². The van der Waals surface area contributed by atoms with Gasteiger partial charge in [-0.15, -0.1) is 0 Å². The molecular weight excluding hydrogens is 216 g/mol. The first-order chi connectivity index (χ1) is 8.15. The fraction of sp³-hybridized carbons (Fsp3) is 0.214. The predicted molar refractivity (Wildman–Crippen MR) is 66.6 cm³/mol. The third-order valence-electron chi connectivity index (χ3n) is 2.79. The highest BCUT2D eigenvalue weighted by molar-refractivity contribution is 5.96. The van der Waals surface area contributed by atoms with Crippen molar-refractivity contribution in [1.82, 2.24) is 0 Å². The number of hydrogen-bond donors (Lipinski definition) is 0. The number of esters is 1. The van der Waals surface area contributed by atoms with Gasteiger partial charge in [-0.3, -0.25) is 0 Å². The molecule has 2 aromatic carbocycles. The van der Waals surface area contributed by atoms with E-state index in [1.165, 1.54) is 7.11 Å². The molecule has 0 aliphatic carbocycles. The first-order valence-corrected chi connectivity index (χ1v) is 5.32. The standard InChI is InChI=1S/C14H14O3/c1-9-6-12(16-2)8-11-7-10(14(15)17-3)4-5-13(9)11/h4-8H,1-3H3. The Hall–Kier alpha value is -2.03. The van der Waals surface area contributed by atoms with Crippen LogP contribution in [0.2, 0.25) is 0 Å². The zero-order valence-corrected chi connectivity index (χ0v) is 10.1. The second-order valence-electron chi connectivity index (χ2n) is 3.87. The van der Waals surface area contributed by atoms with Crippen molar-refractivity contribution >= 4 is 16.7 Å². The average molecular weight is 230 g/mol. The summed E-state index contributed by atoms with van der Waals surface area (Å²) in [6.07, 6.45) is 0. The summed E-state index contributed by atoms with van der Waals surface area (Å²) >= 11 is 0. The molecule has 0 aromatic heterocycles. The Balaban J connectivity index is 2.63. The Morgan fingerprint density at radius 1 is 1.12 bits per heavy atom. The van der Waals surface area contributed by atoms with Crippen molar-refractivity contribution in [2.45, 2.75) is 6.92 Å². The van der Waals surface area contributed by atoms with Crippen molar-refractivity contribution in [3.8, 4) is 5.75 Å². The zero-order chi connectivity index (χ0) is 12.4. The maximum Gasteiger partial charge on any atom is 0.337 e. The topological polar surface area (TPSA) is 35.5 Å². The monoisotopic (exact) mass is 230 g/mol. The molecule has 0 unspecified atom stereocenters. The van der Waals surface area contributed by atoms with Gasteiger partial charge in [0.2, 0.25) is 0 Å². The van der Waals surface area contributed by atoms with E-state index in [2.05, 4.69) is 0 Å². The second-order valence-corrected chi connectivity index (χ2v) is 3.87. The minimum atomic E-state index is -0.327. The Kier molecular flexibility index (Phi) is 3.00. The van der Waals surface area contributed by atoms with E-state index in [-0.39, 0.29) is 5.97 Å². The zero-order valence-electron chi connectivity index (χ0n) is 10.1. The highest BCUT2D eigenvalue weighted by Crippen LogP contribution is 2.25. The molecule has 0 spiro atoms. The number of fused-ring (bicyclic) bond motifs is 1. The van der Waals surface area contributed by atoms with Crippen molar-refractivity contribution in [2.75, 3.05) is 14.2 Å². The van der Waals surface area contributed by atoms with E-state index in [0.29, 0.717) is 5.56 Å². The van der Waals surface area contributed by atoms with Crippen LogP contribution in [0, 0.1) is 6.92 Å². The minimum Gasteiger partial charge on any atom is -0.497 e. The molecule has 0 aliphatic heterocycles. The number of methoxy groups -OCH3 is 2.